The van der Waals surface area contributed by atoms with Crippen molar-refractivity contribution in [3.8, 4) is 0 Å². The average molecular weight is 463 g/mol. The fourth-order valence-electron chi connectivity index (χ4n) is 2.99. The number of rotatable bonds is 8. The fourth-order valence-corrected chi connectivity index (χ4v) is 2.99. The van der Waals surface area contributed by atoms with E-state index in [0.717, 1.165) is 37.5 Å². The zero-order valence-corrected chi connectivity index (χ0v) is 17.4. The van der Waals surface area contributed by atoms with Crippen LogP contribution in [0.15, 0.2) is 29.3 Å². The van der Waals surface area contributed by atoms with E-state index in [1.54, 1.807) is 14.2 Å². The molecule has 0 amide bonds. The second-order valence-electron chi connectivity index (χ2n) is 6.31. The smallest absolute Gasteiger partial charge is 0.191 e. The zero-order valence-electron chi connectivity index (χ0n) is 15.1. The Kier molecular flexibility index (Phi) is 10.3. The summed E-state index contributed by atoms with van der Waals surface area (Å²) in [6.45, 7) is 3.70. The van der Waals surface area contributed by atoms with Crippen molar-refractivity contribution < 1.29 is 14.6 Å². The first-order chi connectivity index (χ1) is 11.7. The minimum atomic E-state index is 0. The van der Waals surface area contributed by atoms with Crippen LogP contribution in [0, 0.1) is 5.41 Å². The lowest BCUT2D eigenvalue weighted by Gasteiger charge is -2.27. The molecule has 1 heterocycles. The number of aliphatic hydroxyl groups excluding tert-OH is 1. The van der Waals surface area contributed by atoms with Gasteiger partial charge in [-0.2, -0.15) is 0 Å². The number of guanidine groups is 1. The summed E-state index contributed by atoms with van der Waals surface area (Å²) < 4.78 is 10.7. The van der Waals surface area contributed by atoms with Crippen LogP contribution in [0.1, 0.15) is 24.0 Å². The molecular formula is C18H30IN3O3. The molecule has 2 rings (SSSR count). The average Bonchev–Trinajstić information content (AvgIpc) is 3.05. The van der Waals surface area contributed by atoms with Crippen LogP contribution in [0.5, 0.6) is 0 Å². The summed E-state index contributed by atoms with van der Waals surface area (Å²) in [5, 5.41) is 16.0. The molecule has 6 nitrogen and oxygen atoms in total. The highest BCUT2D eigenvalue weighted by Gasteiger charge is 2.34. The molecule has 0 aliphatic carbocycles. The first kappa shape index (κ1) is 22.1. The maximum absolute atomic E-state index is 9.30. The molecule has 7 heteroatoms. The van der Waals surface area contributed by atoms with Crippen LogP contribution >= 0.6 is 24.0 Å². The molecular weight excluding hydrogens is 433 g/mol. The van der Waals surface area contributed by atoms with E-state index in [0.29, 0.717) is 19.8 Å². The maximum atomic E-state index is 9.30. The second-order valence-corrected chi connectivity index (χ2v) is 6.31. The fraction of sp³-hybridized carbons (Fsp3) is 0.611. The van der Waals surface area contributed by atoms with Crippen molar-refractivity contribution in [2.24, 2.45) is 10.4 Å². The molecule has 0 aromatic heterocycles. The van der Waals surface area contributed by atoms with Gasteiger partial charge in [-0.15, -0.1) is 24.0 Å². The highest BCUT2D eigenvalue weighted by atomic mass is 127. The normalized spacial score (nSPS) is 20.2. The molecule has 1 unspecified atom stereocenters. The van der Waals surface area contributed by atoms with Gasteiger partial charge in [0.15, 0.2) is 5.96 Å². The molecule has 1 aromatic carbocycles. The predicted molar refractivity (Wildman–Crippen MR) is 110 cm³/mol. The van der Waals surface area contributed by atoms with Crippen LogP contribution in [0.4, 0.5) is 0 Å². The van der Waals surface area contributed by atoms with Crippen molar-refractivity contribution in [3.05, 3.63) is 35.4 Å². The van der Waals surface area contributed by atoms with E-state index < -0.39 is 0 Å². The molecule has 1 aliphatic heterocycles. The van der Waals surface area contributed by atoms with E-state index in [2.05, 4.69) is 33.8 Å². The molecule has 1 aliphatic rings. The molecule has 142 valence electrons. The molecule has 0 saturated carbocycles. The summed E-state index contributed by atoms with van der Waals surface area (Å²) in [6, 6.07) is 8.30. The Labute approximate surface area is 167 Å². The van der Waals surface area contributed by atoms with Gasteiger partial charge in [-0.3, -0.25) is 4.99 Å². The Balaban J connectivity index is 0.00000312. The van der Waals surface area contributed by atoms with Crippen LogP contribution in [0.25, 0.3) is 0 Å². The molecule has 1 saturated heterocycles. The molecule has 0 spiro atoms. The van der Waals surface area contributed by atoms with Crippen LogP contribution in [-0.2, 0) is 22.6 Å². The standard InChI is InChI=1S/C18H29N3O3.HI/c1-19-17(21-13-18(6-8-22)7-9-24-14-18)20-11-15-4-3-5-16(10-15)12-23-2;/h3-5,10,22H,6-9,11-14H2,1-2H3,(H2,19,20,21);1H. The number of nitrogens with zero attached hydrogens (tertiary/aromatic N) is 1. The number of nitrogens with one attached hydrogen (secondary N) is 2. The molecule has 0 radical (unpaired) electrons. The van der Waals surface area contributed by atoms with Gasteiger partial charge in [0.25, 0.3) is 0 Å². The number of hydrogen-bond acceptors (Lipinski definition) is 4. The van der Waals surface area contributed by atoms with E-state index in [9.17, 15) is 5.11 Å². The van der Waals surface area contributed by atoms with Crippen LogP contribution < -0.4 is 10.6 Å². The summed E-state index contributed by atoms with van der Waals surface area (Å²) >= 11 is 0. The van der Waals surface area contributed by atoms with Crippen molar-refractivity contribution in [1.29, 1.82) is 0 Å². The third kappa shape index (κ3) is 7.08. The van der Waals surface area contributed by atoms with Crippen molar-refractivity contribution in [2.45, 2.75) is 26.0 Å². The molecule has 1 aromatic rings. The number of methoxy groups -OCH3 is 1. The van der Waals surface area contributed by atoms with Gasteiger partial charge in [-0.1, -0.05) is 24.3 Å². The first-order valence-corrected chi connectivity index (χ1v) is 8.41. The number of aliphatic hydroxyl groups is 1. The van der Waals surface area contributed by atoms with E-state index in [1.165, 1.54) is 5.56 Å². The van der Waals surface area contributed by atoms with Crippen molar-refractivity contribution in [1.82, 2.24) is 10.6 Å². The number of benzene rings is 1. The van der Waals surface area contributed by atoms with Gasteiger partial charge in [-0.25, -0.2) is 0 Å². The van der Waals surface area contributed by atoms with E-state index >= 15 is 0 Å². The van der Waals surface area contributed by atoms with E-state index in [-0.39, 0.29) is 36.0 Å². The van der Waals surface area contributed by atoms with Gasteiger partial charge in [0.1, 0.15) is 0 Å². The van der Waals surface area contributed by atoms with Crippen LogP contribution in [0.3, 0.4) is 0 Å². The van der Waals surface area contributed by atoms with Gasteiger partial charge in [-0.05, 0) is 24.0 Å². The summed E-state index contributed by atoms with van der Waals surface area (Å²) in [4.78, 5) is 4.28. The predicted octanol–water partition coefficient (Wildman–Crippen LogP) is 1.91. The second kappa shape index (κ2) is 11.7. The van der Waals surface area contributed by atoms with Crippen molar-refractivity contribution >= 4 is 29.9 Å². The van der Waals surface area contributed by atoms with Crippen LogP contribution in [-0.4, -0.2) is 51.6 Å². The highest BCUT2D eigenvalue weighted by Crippen LogP contribution is 2.31. The largest absolute Gasteiger partial charge is 0.396 e. The number of ether oxygens (including phenoxy) is 2. The van der Waals surface area contributed by atoms with E-state index in [1.807, 2.05) is 6.07 Å². The Bertz CT molecular complexity index is 534. The number of aliphatic imine (C=N–C) groups is 1. The lowest BCUT2D eigenvalue weighted by molar-refractivity contribution is 0.127. The Morgan fingerprint density at radius 2 is 2.16 bits per heavy atom. The lowest BCUT2D eigenvalue weighted by atomic mass is 9.84. The quantitative estimate of drug-likeness (QED) is 0.312. The van der Waals surface area contributed by atoms with Crippen LogP contribution in [0.2, 0.25) is 0 Å². The summed E-state index contributed by atoms with van der Waals surface area (Å²) in [5.41, 5.74) is 2.34. The van der Waals surface area contributed by atoms with Crippen molar-refractivity contribution in [2.75, 3.05) is 40.5 Å². The third-order valence-electron chi connectivity index (χ3n) is 4.44. The van der Waals surface area contributed by atoms with Gasteiger partial charge in [0.05, 0.1) is 13.2 Å². The monoisotopic (exact) mass is 463 g/mol. The third-order valence-corrected chi connectivity index (χ3v) is 4.44. The maximum Gasteiger partial charge on any atom is 0.191 e. The summed E-state index contributed by atoms with van der Waals surface area (Å²) in [5.74, 6) is 0.761. The topological polar surface area (TPSA) is 75.1 Å². The Hall–Kier alpha value is -0.900. The zero-order chi connectivity index (χ0) is 17.3. The molecule has 25 heavy (non-hydrogen) atoms. The van der Waals surface area contributed by atoms with Gasteiger partial charge in [0, 0.05) is 45.9 Å². The number of hydrogen-bond donors (Lipinski definition) is 3. The first-order valence-electron chi connectivity index (χ1n) is 8.41. The van der Waals surface area contributed by atoms with E-state index in [4.69, 9.17) is 9.47 Å². The van der Waals surface area contributed by atoms with Gasteiger partial charge >= 0.3 is 0 Å². The molecule has 1 atom stereocenters. The molecule has 0 bridgehead atoms. The van der Waals surface area contributed by atoms with Crippen molar-refractivity contribution in [3.63, 3.8) is 0 Å². The minimum absolute atomic E-state index is 0. The minimum Gasteiger partial charge on any atom is -0.396 e. The SMILES string of the molecule is CN=C(NCc1cccc(COC)c1)NCC1(CCO)CCOC1.I. The highest BCUT2D eigenvalue weighted by molar-refractivity contribution is 14.0. The molecule has 1 fully saturated rings. The summed E-state index contributed by atoms with van der Waals surface area (Å²) in [6.07, 6.45) is 1.71. The molecule has 3 N–H and O–H groups in total. The van der Waals surface area contributed by atoms with Gasteiger partial charge < -0.3 is 25.2 Å². The summed E-state index contributed by atoms with van der Waals surface area (Å²) in [7, 11) is 3.46. The lowest BCUT2D eigenvalue weighted by Crippen LogP contribution is -2.44. The Morgan fingerprint density at radius 3 is 2.80 bits per heavy atom. The van der Waals surface area contributed by atoms with Gasteiger partial charge in [0.2, 0.25) is 0 Å². The number of halogens is 1. The Morgan fingerprint density at radius 1 is 1.36 bits per heavy atom.